The van der Waals surface area contributed by atoms with Gasteiger partial charge in [-0.15, -0.1) is 24.3 Å². The van der Waals surface area contributed by atoms with E-state index in [4.69, 9.17) is 9.97 Å². The number of imidazole rings is 1. The fourth-order valence-electron chi connectivity index (χ4n) is 7.06. The summed E-state index contributed by atoms with van der Waals surface area (Å²) in [5, 5.41) is 10.9. The third kappa shape index (κ3) is 6.80. The zero-order chi connectivity index (χ0) is 35.7. The molecule has 0 aliphatic carbocycles. The number of phenols is 1. The third-order valence-corrected chi connectivity index (χ3v) is 9.63. The van der Waals surface area contributed by atoms with Gasteiger partial charge in [0.15, 0.2) is 0 Å². The number of benzene rings is 6. The summed E-state index contributed by atoms with van der Waals surface area (Å²) in [6, 6.07) is 63.7. The normalized spacial score (nSPS) is 11.0. The molecule has 0 saturated heterocycles. The molecule has 0 atom stereocenters. The van der Waals surface area contributed by atoms with Crippen molar-refractivity contribution in [2.75, 3.05) is 0 Å². The van der Waals surface area contributed by atoms with Crippen LogP contribution in [0.1, 0.15) is 5.56 Å². The fourth-order valence-corrected chi connectivity index (χ4v) is 7.06. The molecule has 0 unspecified atom stereocenters. The van der Waals surface area contributed by atoms with Crippen LogP contribution >= 0.6 is 0 Å². The Bertz CT molecular complexity index is 2700. The Morgan fingerprint density at radius 1 is 0.481 bits per heavy atom. The van der Waals surface area contributed by atoms with Crippen LogP contribution in [0.25, 0.3) is 84.1 Å². The van der Waals surface area contributed by atoms with E-state index in [1.54, 1.807) is 6.07 Å². The molecule has 0 radical (unpaired) electrons. The van der Waals surface area contributed by atoms with Crippen molar-refractivity contribution in [1.82, 2.24) is 14.4 Å². The average molecular weight is 876 g/mol. The van der Waals surface area contributed by atoms with Crippen LogP contribution in [-0.2, 0) is 21.1 Å². The van der Waals surface area contributed by atoms with Crippen LogP contribution < -0.4 is 0 Å². The Balaban J connectivity index is 0.00000413. The van der Waals surface area contributed by atoms with Crippen molar-refractivity contribution < 1.29 is 26.2 Å². The third-order valence-electron chi connectivity index (χ3n) is 9.63. The Morgan fingerprint density at radius 3 is 1.80 bits per heavy atom. The van der Waals surface area contributed by atoms with Crippen molar-refractivity contribution in [2.24, 2.45) is 0 Å². The van der Waals surface area contributed by atoms with Crippen molar-refractivity contribution in [3.8, 4) is 84.2 Å². The van der Waals surface area contributed by atoms with Gasteiger partial charge < -0.3 is 9.51 Å². The minimum absolute atomic E-state index is 0. The number of aryl methyl sites for hydroxylation is 1. The summed E-state index contributed by atoms with van der Waals surface area (Å²) < 4.78 is 2.17. The van der Waals surface area contributed by atoms with Crippen molar-refractivity contribution in [3.63, 3.8) is 0 Å². The molecule has 3 aromatic heterocycles. The van der Waals surface area contributed by atoms with Crippen LogP contribution in [0.3, 0.4) is 0 Å². The summed E-state index contributed by atoms with van der Waals surface area (Å²) in [4.78, 5) is 10.3. The maximum absolute atomic E-state index is 10.9. The van der Waals surface area contributed by atoms with Crippen LogP contribution in [0, 0.1) is 13.0 Å². The van der Waals surface area contributed by atoms with E-state index >= 15 is 0 Å². The van der Waals surface area contributed by atoms with Gasteiger partial charge >= 0.3 is 0 Å². The molecule has 6 aromatic carbocycles. The van der Waals surface area contributed by atoms with Crippen LogP contribution in [0.15, 0.2) is 182 Å². The van der Waals surface area contributed by atoms with E-state index < -0.39 is 0 Å². The van der Waals surface area contributed by atoms with E-state index in [1.165, 1.54) is 5.56 Å². The number of hydrogen-bond acceptors (Lipinski definition) is 3. The number of nitrogens with zero attached hydrogens (tertiary/aromatic N) is 3. The molecule has 0 saturated carbocycles. The molecule has 1 N–H and O–H groups in total. The Kier molecular flexibility index (Phi) is 9.61. The van der Waals surface area contributed by atoms with Gasteiger partial charge in [-0.3, -0.25) is 9.97 Å². The Labute approximate surface area is 329 Å². The second-order valence-corrected chi connectivity index (χ2v) is 13.3. The van der Waals surface area contributed by atoms with Crippen LogP contribution in [0.4, 0.5) is 0 Å². The van der Waals surface area contributed by atoms with Gasteiger partial charge in [-0.05, 0) is 94.4 Å². The molecule has 0 fully saturated rings. The SMILES string of the molecule is Cc1cccc(-c2cc(-c3[c-]c(-c4nc5ccccn5c4-c4cc(-c5ccccc5)cc(-c5ccccc5)c4)ccc3)nc(-c3ccccc3O)c2)c1.[Pt]. The first-order valence-electron chi connectivity index (χ1n) is 17.7. The number of rotatable bonds is 7. The molecule has 54 heavy (non-hydrogen) atoms. The molecule has 0 bridgehead atoms. The van der Waals surface area contributed by atoms with E-state index in [1.807, 2.05) is 66.7 Å². The number of aromatic hydroxyl groups is 1. The summed E-state index contributed by atoms with van der Waals surface area (Å²) >= 11 is 0. The maximum atomic E-state index is 10.9. The molecule has 0 aliphatic heterocycles. The van der Waals surface area contributed by atoms with E-state index in [2.05, 4.69) is 127 Å². The van der Waals surface area contributed by atoms with Gasteiger partial charge in [0.2, 0.25) is 0 Å². The van der Waals surface area contributed by atoms with E-state index in [0.717, 1.165) is 72.8 Å². The first-order valence-corrected chi connectivity index (χ1v) is 17.7. The summed E-state index contributed by atoms with van der Waals surface area (Å²) in [5.74, 6) is 0.187. The van der Waals surface area contributed by atoms with Crippen molar-refractivity contribution in [2.45, 2.75) is 6.92 Å². The fraction of sp³-hybridized carbons (Fsp3) is 0.0204. The Hall–Kier alpha value is -6.35. The van der Waals surface area contributed by atoms with Crippen LogP contribution in [-0.4, -0.2) is 19.5 Å². The number of phenolic OH excluding ortho intramolecular Hbond substituents is 1. The van der Waals surface area contributed by atoms with Gasteiger partial charge in [0.1, 0.15) is 11.4 Å². The van der Waals surface area contributed by atoms with E-state index in [9.17, 15) is 5.11 Å². The molecule has 5 heteroatoms. The summed E-state index contributed by atoms with van der Waals surface area (Å²) in [6.45, 7) is 2.09. The number of hydrogen-bond donors (Lipinski definition) is 1. The van der Waals surface area contributed by atoms with E-state index in [-0.39, 0.29) is 26.8 Å². The van der Waals surface area contributed by atoms with Crippen LogP contribution in [0.2, 0.25) is 0 Å². The zero-order valence-corrected chi connectivity index (χ0v) is 31.7. The average Bonchev–Trinajstić information content (AvgIpc) is 3.61. The first kappa shape index (κ1) is 34.7. The topological polar surface area (TPSA) is 50.4 Å². The number of fused-ring (bicyclic) bond motifs is 1. The van der Waals surface area contributed by atoms with Gasteiger partial charge in [-0.2, -0.15) is 0 Å². The van der Waals surface area contributed by atoms with Gasteiger partial charge in [0, 0.05) is 49.9 Å². The molecule has 9 aromatic rings. The molecular formula is C49H34N3OPt-. The second-order valence-electron chi connectivity index (χ2n) is 13.3. The van der Waals surface area contributed by atoms with Gasteiger partial charge in [-0.1, -0.05) is 126 Å². The number of pyridine rings is 2. The van der Waals surface area contributed by atoms with Crippen molar-refractivity contribution >= 4 is 5.65 Å². The predicted molar refractivity (Wildman–Crippen MR) is 216 cm³/mol. The monoisotopic (exact) mass is 875 g/mol. The molecule has 262 valence electrons. The zero-order valence-electron chi connectivity index (χ0n) is 29.4. The van der Waals surface area contributed by atoms with Gasteiger partial charge in [-0.25, -0.2) is 0 Å². The molecule has 4 nitrogen and oxygen atoms in total. The van der Waals surface area contributed by atoms with Gasteiger partial charge in [0.25, 0.3) is 0 Å². The minimum atomic E-state index is 0. The number of aromatic nitrogens is 3. The quantitative estimate of drug-likeness (QED) is 0.162. The largest absolute Gasteiger partial charge is 0.507 e. The summed E-state index contributed by atoms with van der Waals surface area (Å²) in [6.07, 6.45) is 2.08. The molecule has 0 aliphatic rings. The smallest absolute Gasteiger partial charge is 0.129 e. The molecule has 0 spiro atoms. The number of para-hydroxylation sites is 1. The molecule has 0 amide bonds. The minimum Gasteiger partial charge on any atom is -0.507 e. The Morgan fingerprint density at radius 2 is 1.07 bits per heavy atom. The van der Waals surface area contributed by atoms with Gasteiger partial charge in [0.05, 0.1) is 5.69 Å². The molecule has 9 rings (SSSR count). The molecular weight excluding hydrogens is 842 g/mol. The van der Waals surface area contributed by atoms with E-state index in [0.29, 0.717) is 11.3 Å². The summed E-state index contributed by atoms with van der Waals surface area (Å²) in [7, 11) is 0. The summed E-state index contributed by atoms with van der Waals surface area (Å²) in [5.41, 5.74) is 15.4. The first-order chi connectivity index (χ1) is 26.1. The van der Waals surface area contributed by atoms with Crippen molar-refractivity contribution in [1.29, 1.82) is 0 Å². The molecule has 3 heterocycles. The van der Waals surface area contributed by atoms with Crippen LogP contribution in [0.5, 0.6) is 5.75 Å². The van der Waals surface area contributed by atoms with Crippen molar-refractivity contribution in [3.05, 3.63) is 194 Å². The standard InChI is InChI=1S/C49H34N3O.Pt/c1-33-14-12-19-36(26-33)41-31-44(50-45(32-41)43-22-8-9-23-46(43)53)37-20-13-21-38(27-37)48-49(52-25-11-10-24-47(52)51-48)42-29-39(34-15-4-2-5-16-34)28-40(30-42)35-17-6-3-7-18-35;/h2-26,28-32,53H,1H3;/q-1;. The predicted octanol–water partition coefficient (Wildman–Crippen LogP) is 12.2. The maximum Gasteiger partial charge on any atom is 0.129 e. The second kappa shape index (κ2) is 14.9.